The number of nitrogens with zero attached hydrogens (tertiary/aromatic N) is 2. The Labute approximate surface area is 98.3 Å². The lowest BCUT2D eigenvalue weighted by Crippen LogP contribution is -2.24. The second-order valence-corrected chi connectivity index (χ2v) is 2.43. The number of nitrogen functional groups attached to an aromatic ring is 1. The summed E-state index contributed by atoms with van der Waals surface area (Å²) in [5.41, 5.74) is 3.02. The van der Waals surface area contributed by atoms with Crippen LogP contribution in [0.25, 0.3) is 0 Å². The lowest BCUT2D eigenvalue weighted by molar-refractivity contribution is -0.137. The van der Waals surface area contributed by atoms with E-state index >= 15 is 0 Å². The number of aryl methyl sites for hydroxylation is 1. The van der Waals surface area contributed by atoms with Gasteiger partial charge < -0.3 is 10.3 Å². The molecule has 17 heavy (non-hydrogen) atoms. The van der Waals surface area contributed by atoms with Crippen molar-refractivity contribution in [2.75, 3.05) is 5.73 Å². The zero-order valence-electron chi connectivity index (χ0n) is 10.6. The normalized spacial score (nSPS) is 9.65. The molecular weight excluding hydrogens is 235 g/mol. The fraction of sp³-hybridized carbons (Fsp3) is 0.600. The van der Waals surface area contributed by atoms with E-state index in [-0.39, 0.29) is 0 Å². The SMILES string of the molecule is CC.CC.Cn1cc(C(F)(F)F)c(N)nc1=O. The minimum atomic E-state index is -4.58. The van der Waals surface area contributed by atoms with Crippen molar-refractivity contribution in [1.82, 2.24) is 9.55 Å². The Morgan fingerprint density at radius 1 is 1.24 bits per heavy atom. The Balaban J connectivity index is 0. The van der Waals surface area contributed by atoms with Crippen molar-refractivity contribution in [3.63, 3.8) is 0 Å². The summed E-state index contributed by atoms with van der Waals surface area (Å²) in [5, 5.41) is 0. The first-order chi connectivity index (χ1) is 7.82. The van der Waals surface area contributed by atoms with Crippen LogP contribution < -0.4 is 11.4 Å². The van der Waals surface area contributed by atoms with Gasteiger partial charge in [-0.25, -0.2) is 4.79 Å². The Bertz CT molecular complexity index is 385. The highest BCUT2D eigenvalue weighted by Crippen LogP contribution is 2.31. The van der Waals surface area contributed by atoms with E-state index in [9.17, 15) is 18.0 Å². The maximum Gasteiger partial charge on any atom is 0.421 e. The molecule has 0 saturated heterocycles. The lowest BCUT2D eigenvalue weighted by Gasteiger charge is -2.09. The highest BCUT2D eigenvalue weighted by molar-refractivity contribution is 5.38. The third kappa shape index (κ3) is 5.37. The Kier molecular flexibility index (Phi) is 8.08. The van der Waals surface area contributed by atoms with Crippen LogP contribution in [0.5, 0.6) is 0 Å². The molecule has 0 aliphatic carbocycles. The number of anilines is 1. The van der Waals surface area contributed by atoms with Gasteiger partial charge in [-0.2, -0.15) is 18.2 Å². The molecule has 2 N–H and O–H groups in total. The first-order valence-corrected chi connectivity index (χ1v) is 5.22. The van der Waals surface area contributed by atoms with E-state index in [0.717, 1.165) is 4.57 Å². The van der Waals surface area contributed by atoms with E-state index in [1.807, 2.05) is 27.7 Å². The third-order valence-electron chi connectivity index (χ3n) is 1.42. The molecule has 0 radical (unpaired) electrons. The number of hydrogen-bond acceptors (Lipinski definition) is 3. The summed E-state index contributed by atoms with van der Waals surface area (Å²) in [4.78, 5) is 13.7. The molecule has 1 heterocycles. The number of aromatic nitrogens is 2. The number of nitrogens with two attached hydrogens (primary N) is 1. The third-order valence-corrected chi connectivity index (χ3v) is 1.42. The smallest absolute Gasteiger partial charge is 0.383 e. The van der Waals surface area contributed by atoms with Crippen molar-refractivity contribution in [3.8, 4) is 0 Å². The Morgan fingerprint density at radius 2 is 1.65 bits per heavy atom. The molecule has 0 amide bonds. The molecule has 1 aromatic rings. The molecule has 1 aromatic heterocycles. The minimum absolute atomic E-state index is 0.616. The van der Waals surface area contributed by atoms with Gasteiger partial charge in [-0.15, -0.1) is 0 Å². The maximum absolute atomic E-state index is 12.1. The highest BCUT2D eigenvalue weighted by atomic mass is 19.4. The fourth-order valence-electron chi connectivity index (χ4n) is 0.776. The molecule has 0 aliphatic rings. The maximum atomic E-state index is 12.1. The predicted octanol–water partition coefficient (Wildman–Crippen LogP) is 2.43. The van der Waals surface area contributed by atoms with Crippen LogP contribution in [0, 0.1) is 0 Å². The standard InChI is InChI=1S/C6H6F3N3O.2C2H6/c1-12-2-3(6(7,8)9)4(10)11-5(12)13;2*1-2/h2H,1H3,(H2,10,11,13);2*1-2H3. The van der Waals surface area contributed by atoms with Gasteiger partial charge in [-0.3, -0.25) is 0 Å². The summed E-state index contributed by atoms with van der Waals surface area (Å²) in [7, 11) is 1.17. The van der Waals surface area contributed by atoms with E-state index in [2.05, 4.69) is 4.98 Å². The van der Waals surface area contributed by atoms with Crippen LogP contribution in [0.1, 0.15) is 33.3 Å². The molecule has 0 atom stereocenters. The number of alkyl halides is 3. The second-order valence-electron chi connectivity index (χ2n) is 2.43. The molecule has 0 bridgehead atoms. The molecule has 0 spiro atoms. The molecular formula is C10H18F3N3O. The number of hydrogen-bond donors (Lipinski definition) is 1. The molecule has 0 saturated carbocycles. The molecule has 100 valence electrons. The first-order valence-electron chi connectivity index (χ1n) is 5.22. The molecule has 0 aromatic carbocycles. The van der Waals surface area contributed by atoms with Gasteiger partial charge in [0.1, 0.15) is 11.4 Å². The number of rotatable bonds is 0. The molecule has 0 fully saturated rings. The van der Waals surface area contributed by atoms with Crippen molar-refractivity contribution in [3.05, 3.63) is 22.2 Å². The van der Waals surface area contributed by atoms with Gasteiger partial charge in [0.25, 0.3) is 0 Å². The average molecular weight is 253 g/mol. The minimum Gasteiger partial charge on any atom is -0.383 e. The van der Waals surface area contributed by atoms with Crippen LogP contribution in [0.15, 0.2) is 11.0 Å². The summed E-state index contributed by atoms with van der Waals surface area (Å²) < 4.78 is 37.1. The predicted molar refractivity (Wildman–Crippen MR) is 61.6 cm³/mol. The van der Waals surface area contributed by atoms with E-state index in [4.69, 9.17) is 5.73 Å². The average Bonchev–Trinajstić information content (AvgIpc) is 2.27. The van der Waals surface area contributed by atoms with Gasteiger partial charge in [-0.1, -0.05) is 27.7 Å². The topological polar surface area (TPSA) is 60.9 Å². The second kappa shape index (κ2) is 7.70. The summed E-state index contributed by atoms with van der Waals surface area (Å²) in [6.07, 6.45) is -3.97. The fourth-order valence-corrected chi connectivity index (χ4v) is 0.776. The van der Waals surface area contributed by atoms with E-state index in [0.29, 0.717) is 6.20 Å². The van der Waals surface area contributed by atoms with Crippen LogP contribution in [0.3, 0.4) is 0 Å². The van der Waals surface area contributed by atoms with Crippen LogP contribution in [0.2, 0.25) is 0 Å². The summed E-state index contributed by atoms with van der Waals surface area (Å²) >= 11 is 0. The molecule has 1 rings (SSSR count). The van der Waals surface area contributed by atoms with Gasteiger partial charge in [0.15, 0.2) is 0 Å². The van der Waals surface area contributed by atoms with E-state index in [1.165, 1.54) is 7.05 Å². The van der Waals surface area contributed by atoms with Crippen LogP contribution in [-0.4, -0.2) is 9.55 Å². The first kappa shape index (κ1) is 17.9. The van der Waals surface area contributed by atoms with Crippen LogP contribution in [0.4, 0.5) is 19.0 Å². The van der Waals surface area contributed by atoms with Crippen molar-refractivity contribution in [1.29, 1.82) is 0 Å². The van der Waals surface area contributed by atoms with Gasteiger partial charge in [0.2, 0.25) is 0 Å². The van der Waals surface area contributed by atoms with Crippen molar-refractivity contribution in [2.24, 2.45) is 7.05 Å². The summed E-state index contributed by atoms with van der Waals surface area (Å²) in [6.45, 7) is 8.00. The zero-order chi connectivity index (χ0) is 14.2. The lowest BCUT2D eigenvalue weighted by atomic mass is 10.3. The van der Waals surface area contributed by atoms with Gasteiger partial charge in [0.05, 0.1) is 0 Å². The molecule has 0 unspecified atom stereocenters. The van der Waals surface area contributed by atoms with Gasteiger partial charge in [0, 0.05) is 13.2 Å². The van der Waals surface area contributed by atoms with Crippen molar-refractivity contribution >= 4 is 5.82 Å². The van der Waals surface area contributed by atoms with Crippen LogP contribution in [-0.2, 0) is 13.2 Å². The number of halogens is 3. The molecule has 4 nitrogen and oxygen atoms in total. The Morgan fingerprint density at radius 3 is 2.00 bits per heavy atom. The van der Waals surface area contributed by atoms with Gasteiger partial charge >= 0.3 is 11.9 Å². The zero-order valence-corrected chi connectivity index (χ0v) is 10.6. The van der Waals surface area contributed by atoms with Crippen molar-refractivity contribution in [2.45, 2.75) is 33.9 Å². The monoisotopic (exact) mass is 253 g/mol. The molecule has 7 heteroatoms. The van der Waals surface area contributed by atoms with Gasteiger partial charge in [-0.05, 0) is 0 Å². The summed E-state index contributed by atoms with van der Waals surface area (Å²) in [6, 6.07) is 0. The van der Waals surface area contributed by atoms with E-state index < -0.39 is 23.2 Å². The Hall–Kier alpha value is -1.53. The van der Waals surface area contributed by atoms with Crippen LogP contribution >= 0.6 is 0 Å². The highest BCUT2D eigenvalue weighted by Gasteiger charge is 2.34. The largest absolute Gasteiger partial charge is 0.421 e. The van der Waals surface area contributed by atoms with Crippen molar-refractivity contribution < 1.29 is 13.2 Å². The molecule has 0 aliphatic heterocycles. The summed E-state index contributed by atoms with van der Waals surface area (Å²) in [5.74, 6) is -0.796. The van der Waals surface area contributed by atoms with E-state index in [1.54, 1.807) is 0 Å². The quantitative estimate of drug-likeness (QED) is 0.772.